The van der Waals surface area contributed by atoms with Gasteiger partial charge in [-0.2, -0.15) is 0 Å². The summed E-state index contributed by atoms with van der Waals surface area (Å²) in [5.41, 5.74) is 5.45. The Hall–Kier alpha value is -2.13. The number of nitrogens with zero attached hydrogens (tertiary/aromatic N) is 2. The highest BCUT2D eigenvalue weighted by atomic mass is 16.3. The molecule has 0 fully saturated rings. The van der Waals surface area contributed by atoms with Crippen molar-refractivity contribution in [1.82, 2.24) is 9.38 Å². The molecule has 0 aliphatic heterocycles. The first kappa shape index (κ1) is 13.8. The van der Waals surface area contributed by atoms with Gasteiger partial charge in [0, 0.05) is 18.8 Å². The third-order valence-electron chi connectivity index (χ3n) is 3.79. The first-order valence-corrected chi connectivity index (χ1v) is 7.32. The van der Waals surface area contributed by atoms with Gasteiger partial charge in [-0.05, 0) is 34.7 Å². The molecule has 3 rings (SSSR count). The van der Waals surface area contributed by atoms with Crippen molar-refractivity contribution in [2.75, 3.05) is 0 Å². The van der Waals surface area contributed by atoms with Crippen molar-refractivity contribution < 1.29 is 5.11 Å². The van der Waals surface area contributed by atoms with E-state index in [-0.39, 0.29) is 6.61 Å². The molecule has 2 heterocycles. The Morgan fingerprint density at radius 2 is 1.86 bits per heavy atom. The number of hydrogen-bond acceptors (Lipinski definition) is 2. The summed E-state index contributed by atoms with van der Waals surface area (Å²) in [5.74, 6) is 0.561. The second-order valence-corrected chi connectivity index (χ2v) is 5.76. The van der Waals surface area contributed by atoms with Gasteiger partial charge in [0.1, 0.15) is 5.65 Å². The van der Waals surface area contributed by atoms with Gasteiger partial charge in [-0.15, -0.1) is 0 Å². The van der Waals surface area contributed by atoms with Crippen molar-refractivity contribution in [2.45, 2.75) is 32.8 Å². The molecular formula is C18H20N2O. The van der Waals surface area contributed by atoms with Crippen LogP contribution in [-0.4, -0.2) is 14.5 Å². The molecule has 0 amide bonds. The van der Waals surface area contributed by atoms with Crippen molar-refractivity contribution in [1.29, 1.82) is 0 Å². The van der Waals surface area contributed by atoms with E-state index in [1.54, 1.807) is 0 Å². The van der Waals surface area contributed by atoms with Crippen molar-refractivity contribution in [3.63, 3.8) is 0 Å². The van der Waals surface area contributed by atoms with Gasteiger partial charge < -0.3 is 9.51 Å². The second-order valence-electron chi connectivity index (χ2n) is 5.76. The fourth-order valence-electron chi connectivity index (χ4n) is 2.49. The van der Waals surface area contributed by atoms with E-state index < -0.39 is 0 Å². The van der Waals surface area contributed by atoms with Crippen molar-refractivity contribution >= 4 is 5.65 Å². The monoisotopic (exact) mass is 280 g/mol. The lowest BCUT2D eigenvalue weighted by Gasteiger charge is -2.05. The van der Waals surface area contributed by atoms with Crippen LogP contribution in [0, 0.1) is 0 Å². The van der Waals surface area contributed by atoms with Crippen molar-refractivity contribution in [2.24, 2.45) is 0 Å². The van der Waals surface area contributed by atoms with Crippen LogP contribution in [0.4, 0.5) is 0 Å². The summed E-state index contributed by atoms with van der Waals surface area (Å²) in [5, 5.41) is 9.17. The lowest BCUT2D eigenvalue weighted by atomic mass is 10.0. The maximum atomic E-state index is 9.17. The van der Waals surface area contributed by atoms with Crippen LogP contribution in [0.1, 0.15) is 42.1 Å². The first-order valence-electron chi connectivity index (χ1n) is 7.32. The van der Waals surface area contributed by atoms with Crippen molar-refractivity contribution in [3.05, 3.63) is 71.2 Å². The highest BCUT2D eigenvalue weighted by Gasteiger charge is 2.05. The Bertz CT molecular complexity index is 742. The number of aromatic nitrogens is 2. The highest BCUT2D eigenvalue weighted by Crippen LogP contribution is 2.17. The number of imidazole rings is 1. The lowest BCUT2D eigenvalue weighted by molar-refractivity contribution is 0.282. The molecule has 3 heteroatoms. The Labute approximate surface area is 124 Å². The van der Waals surface area contributed by atoms with Crippen LogP contribution < -0.4 is 0 Å². The fraction of sp³-hybridized carbons (Fsp3) is 0.278. The number of benzene rings is 1. The Kier molecular flexibility index (Phi) is 3.76. The highest BCUT2D eigenvalue weighted by molar-refractivity contribution is 5.43. The molecule has 0 spiro atoms. The van der Waals surface area contributed by atoms with Crippen molar-refractivity contribution in [3.8, 4) is 0 Å². The standard InChI is InChI=1S/C18H20N2O/c1-13(2)16-5-3-14(4-6-16)9-17-11-20-8-7-15(12-21)10-18(20)19-17/h3-8,10-11,13,21H,9,12H2,1-2H3. The molecule has 0 aliphatic carbocycles. The maximum Gasteiger partial charge on any atom is 0.137 e. The molecule has 0 radical (unpaired) electrons. The lowest BCUT2D eigenvalue weighted by Crippen LogP contribution is -1.91. The van der Waals surface area contributed by atoms with E-state index in [0.29, 0.717) is 5.92 Å². The minimum atomic E-state index is 0.0510. The van der Waals surface area contributed by atoms with E-state index in [0.717, 1.165) is 23.3 Å². The Balaban J connectivity index is 1.84. The summed E-state index contributed by atoms with van der Waals surface area (Å²) in [6, 6.07) is 12.6. The van der Waals surface area contributed by atoms with Crippen LogP contribution in [0.3, 0.4) is 0 Å². The molecular weight excluding hydrogens is 260 g/mol. The quantitative estimate of drug-likeness (QED) is 0.793. The number of aliphatic hydroxyl groups excluding tert-OH is 1. The van der Waals surface area contributed by atoms with Gasteiger partial charge in [-0.3, -0.25) is 0 Å². The van der Waals surface area contributed by atoms with E-state index in [9.17, 15) is 5.11 Å². The minimum absolute atomic E-state index is 0.0510. The molecule has 3 nitrogen and oxygen atoms in total. The molecule has 0 saturated heterocycles. The SMILES string of the molecule is CC(C)c1ccc(Cc2cn3ccc(CO)cc3n2)cc1. The van der Waals surface area contributed by atoms with Gasteiger partial charge in [0.25, 0.3) is 0 Å². The number of fused-ring (bicyclic) bond motifs is 1. The molecule has 0 aliphatic rings. The van der Waals surface area contributed by atoms with E-state index in [4.69, 9.17) is 0 Å². The fourth-order valence-corrected chi connectivity index (χ4v) is 2.49. The maximum absolute atomic E-state index is 9.17. The van der Waals surface area contributed by atoms with Crippen LogP contribution in [0.15, 0.2) is 48.8 Å². The number of pyridine rings is 1. The largest absolute Gasteiger partial charge is 0.392 e. The summed E-state index contributed by atoms with van der Waals surface area (Å²) in [4.78, 5) is 4.63. The smallest absolute Gasteiger partial charge is 0.137 e. The molecule has 1 N–H and O–H groups in total. The van der Waals surface area contributed by atoms with Crippen LogP contribution in [0.25, 0.3) is 5.65 Å². The van der Waals surface area contributed by atoms with E-state index >= 15 is 0 Å². The van der Waals surface area contributed by atoms with E-state index in [1.807, 2.05) is 28.9 Å². The molecule has 2 aromatic heterocycles. The van der Waals surface area contributed by atoms with Gasteiger partial charge in [0.15, 0.2) is 0 Å². The third kappa shape index (κ3) is 2.98. The summed E-state index contributed by atoms with van der Waals surface area (Å²) in [6.45, 7) is 4.46. The minimum Gasteiger partial charge on any atom is -0.392 e. The van der Waals surface area contributed by atoms with Gasteiger partial charge in [0.05, 0.1) is 12.3 Å². The van der Waals surface area contributed by atoms with Crippen LogP contribution in [0.2, 0.25) is 0 Å². The molecule has 3 aromatic rings. The summed E-state index contributed by atoms with van der Waals surface area (Å²) in [6.07, 6.45) is 4.82. The zero-order chi connectivity index (χ0) is 14.8. The average Bonchev–Trinajstić information content (AvgIpc) is 2.88. The first-order chi connectivity index (χ1) is 10.2. The molecule has 21 heavy (non-hydrogen) atoms. The molecule has 0 atom stereocenters. The zero-order valence-corrected chi connectivity index (χ0v) is 12.5. The number of rotatable bonds is 4. The summed E-state index contributed by atoms with van der Waals surface area (Å²) in [7, 11) is 0. The number of aliphatic hydroxyl groups is 1. The molecule has 0 unspecified atom stereocenters. The summed E-state index contributed by atoms with van der Waals surface area (Å²) >= 11 is 0. The van der Waals surface area contributed by atoms with Gasteiger partial charge in [-0.25, -0.2) is 4.98 Å². The second kappa shape index (κ2) is 5.70. The topological polar surface area (TPSA) is 37.5 Å². The third-order valence-corrected chi connectivity index (χ3v) is 3.79. The normalized spacial score (nSPS) is 11.4. The van der Waals surface area contributed by atoms with E-state index in [1.165, 1.54) is 11.1 Å². The predicted octanol–water partition coefficient (Wildman–Crippen LogP) is 3.54. The molecule has 0 saturated carbocycles. The number of hydrogen-bond donors (Lipinski definition) is 1. The Morgan fingerprint density at radius 1 is 1.10 bits per heavy atom. The molecule has 108 valence electrons. The Morgan fingerprint density at radius 3 is 2.52 bits per heavy atom. The van der Waals surface area contributed by atoms with Crippen LogP contribution in [-0.2, 0) is 13.0 Å². The van der Waals surface area contributed by atoms with Crippen LogP contribution >= 0.6 is 0 Å². The van der Waals surface area contributed by atoms with Crippen LogP contribution in [0.5, 0.6) is 0 Å². The average molecular weight is 280 g/mol. The van der Waals surface area contributed by atoms with E-state index in [2.05, 4.69) is 43.1 Å². The predicted molar refractivity (Wildman–Crippen MR) is 84.5 cm³/mol. The molecule has 0 bridgehead atoms. The van der Waals surface area contributed by atoms with Gasteiger partial charge in [0.2, 0.25) is 0 Å². The van der Waals surface area contributed by atoms with Gasteiger partial charge in [-0.1, -0.05) is 38.1 Å². The van der Waals surface area contributed by atoms with Gasteiger partial charge >= 0.3 is 0 Å². The summed E-state index contributed by atoms with van der Waals surface area (Å²) < 4.78 is 2.00. The molecule has 1 aromatic carbocycles. The zero-order valence-electron chi connectivity index (χ0n) is 12.5.